The van der Waals surface area contributed by atoms with Crippen LogP contribution >= 0.6 is 0 Å². The Hall–Kier alpha value is -2.19. The summed E-state index contributed by atoms with van der Waals surface area (Å²) in [5, 5.41) is 6.89. The van der Waals surface area contributed by atoms with Gasteiger partial charge in [-0.25, -0.2) is 17.9 Å². The largest absolute Gasteiger partial charge is 0.438 e. The van der Waals surface area contributed by atoms with E-state index >= 15 is 0 Å². The number of halogens is 1. The summed E-state index contributed by atoms with van der Waals surface area (Å²) in [7, 11) is -3.98. The Kier molecular flexibility index (Phi) is 3.86. The molecule has 2 aromatic rings. The lowest BCUT2D eigenvalue weighted by atomic mass is 10.2. The van der Waals surface area contributed by atoms with Gasteiger partial charge in [0.15, 0.2) is 5.76 Å². The van der Waals surface area contributed by atoms with Gasteiger partial charge in [0.05, 0.1) is 0 Å². The molecule has 1 heterocycles. The molecule has 0 unspecified atom stereocenters. The topological polar surface area (TPSA) is 102 Å². The average Bonchev–Trinajstić information content (AvgIpc) is 2.87. The molecule has 0 aliphatic heterocycles. The predicted octanol–water partition coefficient (Wildman–Crippen LogP) is 0.996. The molecular formula is C12H11FN2O4S. The van der Waals surface area contributed by atoms with E-state index in [0.29, 0.717) is 5.56 Å². The molecule has 0 saturated carbocycles. The third kappa shape index (κ3) is 3.43. The lowest BCUT2D eigenvalue weighted by Crippen LogP contribution is -2.22. The number of rotatable bonds is 4. The quantitative estimate of drug-likeness (QED) is 0.878. The van der Waals surface area contributed by atoms with E-state index in [0.717, 1.165) is 6.07 Å². The lowest BCUT2D eigenvalue weighted by Gasteiger charge is -2.03. The summed E-state index contributed by atoms with van der Waals surface area (Å²) in [5.74, 6) is -1.13. The van der Waals surface area contributed by atoms with Crippen LogP contribution in [0.5, 0.6) is 0 Å². The van der Waals surface area contributed by atoms with E-state index in [1.165, 1.54) is 30.3 Å². The molecule has 1 amide bonds. The Bertz CT molecular complexity index is 722. The zero-order valence-corrected chi connectivity index (χ0v) is 11.0. The summed E-state index contributed by atoms with van der Waals surface area (Å²) >= 11 is 0. The van der Waals surface area contributed by atoms with Crippen LogP contribution < -0.4 is 10.5 Å². The first-order chi connectivity index (χ1) is 9.36. The Balaban J connectivity index is 2.02. The number of carbonyl (C=O) groups is 1. The maximum Gasteiger partial charge on any atom is 0.287 e. The normalized spacial score (nSPS) is 11.3. The van der Waals surface area contributed by atoms with Crippen molar-refractivity contribution in [2.45, 2.75) is 11.6 Å². The number of hydrogen-bond acceptors (Lipinski definition) is 4. The van der Waals surface area contributed by atoms with Gasteiger partial charge in [0.25, 0.3) is 15.9 Å². The van der Waals surface area contributed by atoms with Crippen molar-refractivity contribution in [3.05, 3.63) is 53.5 Å². The molecule has 0 fully saturated rings. The number of hydrogen-bond donors (Lipinski definition) is 2. The van der Waals surface area contributed by atoms with Crippen LogP contribution in [0, 0.1) is 5.82 Å². The van der Waals surface area contributed by atoms with Gasteiger partial charge in [-0.1, -0.05) is 12.1 Å². The summed E-state index contributed by atoms with van der Waals surface area (Å²) in [6, 6.07) is 7.89. The van der Waals surface area contributed by atoms with Crippen LogP contribution in [-0.4, -0.2) is 14.3 Å². The van der Waals surface area contributed by atoms with Crippen molar-refractivity contribution in [2.75, 3.05) is 0 Å². The van der Waals surface area contributed by atoms with Crippen LogP contribution in [-0.2, 0) is 16.6 Å². The van der Waals surface area contributed by atoms with Gasteiger partial charge in [0.1, 0.15) is 5.82 Å². The fourth-order valence-electron chi connectivity index (χ4n) is 1.47. The van der Waals surface area contributed by atoms with Crippen LogP contribution in [0.1, 0.15) is 16.1 Å². The fourth-order valence-corrected chi connectivity index (χ4v) is 1.93. The second-order valence-electron chi connectivity index (χ2n) is 3.97. The van der Waals surface area contributed by atoms with Crippen molar-refractivity contribution in [3.8, 4) is 0 Å². The summed E-state index contributed by atoms with van der Waals surface area (Å²) in [5.41, 5.74) is 0.693. The first-order valence-corrected chi connectivity index (χ1v) is 7.06. The second kappa shape index (κ2) is 5.43. The molecule has 0 atom stereocenters. The van der Waals surface area contributed by atoms with Gasteiger partial charge in [-0.2, -0.15) is 0 Å². The molecule has 0 spiro atoms. The van der Waals surface area contributed by atoms with Gasteiger partial charge in [-0.05, 0) is 29.8 Å². The second-order valence-corrected chi connectivity index (χ2v) is 5.47. The highest BCUT2D eigenvalue weighted by Crippen LogP contribution is 2.12. The predicted molar refractivity (Wildman–Crippen MR) is 67.7 cm³/mol. The van der Waals surface area contributed by atoms with E-state index in [1.54, 1.807) is 0 Å². The van der Waals surface area contributed by atoms with E-state index in [1.807, 2.05) is 0 Å². The van der Waals surface area contributed by atoms with Crippen LogP contribution in [0.3, 0.4) is 0 Å². The molecule has 0 radical (unpaired) electrons. The maximum absolute atomic E-state index is 12.7. The number of nitrogens with one attached hydrogen (secondary N) is 1. The fraction of sp³-hybridized carbons (Fsp3) is 0.0833. The molecule has 0 bridgehead atoms. The summed E-state index contributed by atoms with van der Waals surface area (Å²) < 4.78 is 39.5. The number of carbonyl (C=O) groups excluding carboxylic acids is 1. The number of benzene rings is 1. The number of sulfonamides is 1. The molecule has 0 aliphatic rings. The van der Waals surface area contributed by atoms with Crippen molar-refractivity contribution in [3.63, 3.8) is 0 Å². The van der Waals surface area contributed by atoms with Gasteiger partial charge in [-0.3, -0.25) is 4.79 Å². The Morgan fingerprint density at radius 2 is 1.85 bits per heavy atom. The highest BCUT2D eigenvalue weighted by Gasteiger charge is 2.17. The van der Waals surface area contributed by atoms with Gasteiger partial charge in [0.2, 0.25) is 5.09 Å². The van der Waals surface area contributed by atoms with Crippen LogP contribution in [0.4, 0.5) is 4.39 Å². The summed E-state index contributed by atoms with van der Waals surface area (Å²) in [4.78, 5) is 11.7. The smallest absolute Gasteiger partial charge is 0.287 e. The first-order valence-electron chi connectivity index (χ1n) is 5.51. The van der Waals surface area contributed by atoms with Crippen LogP contribution in [0.15, 0.2) is 45.9 Å². The first kappa shape index (κ1) is 14.2. The third-order valence-corrected chi connectivity index (χ3v) is 3.23. The molecule has 6 nitrogen and oxygen atoms in total. The minimum Gasteiger partial charge on any atom is -0.438 e. The van der Waals surface area contributed by atoms with Crippen molar-refractivity contribution >= 4 is 15.9 Å². The van der Waals surface area contributed by atoms with Crippen molar-refractivity contribution in [1.82, 2.24) is 5.32 Å². The van der Waals surface area contributed by atoms with E-state index in [2.05, 4.69) is 5.32 Å². The molecule has 1 aromatic carbocycles. The minimum atomic E-state index is -3.98. The number of nitrogens with two attached hydrogens (primary N) is 1. The van der Waals surface area contributed by atoms with Gasteiger partial charge >= 0.3 is 0 Å². The minimum absolute atomic E-state index is 0.157. The molecule has 0 aliphatic carbocycles. The van der Waals surface area contributed by atoms with Crippen LogP contribution in [0.25, 0.3) is 0 Å². The highest BCUT2D eigenvalue weighted by molar-refractivity contribution is 7.89. The molecule has 0 saturated heterocycles. The average molecular weight is 298 g/mol. The van der Waals surface area contributed by atoms with Gasteiger partial charge < -0.3 is 9.73 Å². The molecular weight excluding hydrogens is 287 g/mol. The van der Waals surface area contributed by atoms with Crippen LogP contribution in [0.2, 0.25) is 0 Å². The molecule has 1 aromatic heterocycles. The lowest BCUT2D eigenvalue weighted by molar-refractivity contribution is 0.0918. The molecule has 2 rings (SSSR count). The monoisotopic (exact) mass is 298 g/mol. The zero-order chi connectivity index (χ0) is 14.8. The summed E-state index contributed by atoms with van der Waals surface area (Å²) in [6.45, 7) is 0.157. The van der Waals surface area contributed by atoms with Gasteiger partial charge in [0, 0.05) is 6.54 Å². The Morgan fingerprint density at radius 1 is 1.20 bits per heavy atom. The van der Waals surface area contributed by atoms with Crippen molar-refractivity contribution < 1.29 is 22.0 Å². The molecule has 20 heavy (non-hydrogen) atoms. The number of amides is 1. The van der Waals surface area contributed by atoms with E-state index in [-0.39, 0.29) is 18.1 Å². The van der Waals surface area contributed by atoms with Crippen molar-refractivity contribution in [2.24, 2.45) is 5.14 Å². The Labute approximate surface area is 114 Å². The maximum atomic E-state index is 12.7. The van der Waals surface area contributed by atoms with E-state index < -0.39 is 21.0 Å². The molecule has 3 N–H and O–H groups in total. The molecule has 106 valence electrons. The van der Waals surface area contributed by atoms with Gasteiger partial charge in [-0.15, -0.1) is 0 Å². The zero-order valence-electron chi connectivity index (χ0n) is 10.2. The molecule has 8 heteroatoms. The highest BCUT2D eigenvalue weighted by atomic mass is 32.2. The van der Waals surface area contributed by atoms with Crippen molar-refractivity contribution in [1.29, 1.82) is 0 Å². The number of furan rings is 1. The summed E-state index contributed by atoms with van der Waals surface area (Å²) in [6.07, 6.45) is 0. The Morgan fingerprint density at radius 3 is 2.40 bits per heavy atom. The number of primary sulfonamides is 1. The van der Waals surface area contributed by atoms with E-state index in [4.69, 9.17) is 9.56 Å². The standard InChI is InChI=1S/C12H11FN2O4S/c13-9-3-1-8(2-4-9)7-15-12(16)10-5-6-11(19-10)20(14,17)18/h1-6H,7H2,(H,15,16)(H2,14,17,18). The van der Waals surface area contributed by atoms with E-state index in [9.17, 15) is 17.6 Å². The SMILES string of the molecule is NS(=O)(=O)c1ccc(C(=O)NCc2ccc(F)cc2)o1. The third-order valence-electron chi connectivity index (χ3n) is 2.45.